The Morgan fingerprint density at radius 1 is 1.20 bits per heavy atom. The zero-order valence-electron chi connectivity index (χ0n) is 21.3. The van der Waals surface area contributed by atoms with Crippen LogP contribution in [-0.2, 0) is 11.3 Å². The number of rotatable bonds is 10. The Kier molecular flexibility index (Phi) is 10.1. The van der Waals surface area contributed by atoms with Crippen LogP contribution in [0.3, 0.4) is 0 Å². The van der Waals surface area contributed by atoms with Gasteiger partial charge in [-0.2, -0.15) is 5.26 Å². The summed E-state index contributed by atoms with van der Waals surface area (Å²) in [6, 6.07) is 16.7. The van der Waals surface area contributed by atoms with Crippen LogP contribution in [0.5, 0.6) is 5.75 Å². The van der Waals surface area contributed by atoms with Gasteiger partial charge in [-0.25, -0.2) is 0 Å². The van der Waals surface area contributed by atoms with E-state index < -0.39 is 0 Å². The second kappa shape index (κ2) is 13.5. The molecule has 35 heavy (non-hydrogen) atoms. The SMILES string of the molecule is C/N=C\C=C(/C/C=C(\NC)c1cccc(CN(C)C)c1)c1ccc(OC2CCOCC2)c(C#N)c1. The molecule has 184 valence electrons. The van der Waals surface area contributed by atoms with E-state index in [0.717, 1.165) is 41.8 Å². The van der Waals surface area contributed by atoms with Gasteiger partial charge in [-0.15, -0.1) is 0 Å². The molecule has 0 atom stereocenters. The smallest absolute Gasteiger partial charge is 0.137 e. The number of hydrogen-bond donors (Lipinski definition) is 1. The van der Waals surface area contributed by atoms with Gasteiger partial charge in [0.1, 0.15) is 17.9 Å². The van der Waals surface area contributed by atoms with E-state index in [1.54, 1.807) is 13.3 Å². The molecule has 0 saturated carbocycles. The summed E-state index contributed by atoms with van der Waals surface area (Å²) < 4.78 is 11.5. The number of ether oxygens (including phenoxy) is 2. The molecule has 0 unspecified atom stereocenters. The van der Waals surface area contributed by atoms with Crippen LogP contribution in [0.15, 0.2) is 59.6 Å². The van der Waals surface area contributed by atoms with E-state index in [-0.39, 0.29) is 6.10 Å². The van der Waals surface area contributed by atoms with E-state index in [0.29, 0.717) is 30.9 Å². The van der Waals surface area contributed by atoms with Crippen LogP contribution in [-0.4, -0.2) is 58.6 Å². The first-order chi connectivity index (χ1) is 17.0. The van der Waals surface area contributed by atoms with Crippen molar-refractivity contribution in [1.82, 2.24) is 10.2 Å². The highest BCUT2D eigenvalue weighted by atomic mass is 16.5. The van der Waals surface area contributed by atoms with E-state index in [1.165, 1.54) is 5.56 Å². The van der Waals surface area contributed by atoms with Crippen LogP contribution >= 0.6 is 0 Å². The maximum absolute atomic E-state index is 9.80. The Balaban J connectivity index is 1.85. The molecule has 6 nitrogen and oxygen atoms in total. The first-order valence-electron chi connectivity index (χ1n) is 12.1. The number of allylic oxidation sites excluding steroid dienone is 3. The molecule has 0 radical (unpaired) electrons. The lowest BCUT2D eigenvalue weighted by Gasteiger charge is -2.24. The van der Waals surface area contributed by atoms with Crippen LogP contribution in [0.4, 0.5) is 0 Å². The van der Waals surface area contributed by atoms with Gasteiger partial charge >= 0.3 is 0 Å². The lowest BCUT2D eigenvalue weighted by molar-refractivity contribution is 0.0254. The summed E-state index contributed by atoms with van der Waals surface area (Å²) in [6.45, 7) is 2.29. The van der Waals surface area contributed by atoms with E-state index in [9.17, 15) is 5.26 Å². The van der Waals surface area contributed by atoms with Gasteiger partial charge in [-0.3, -0.25) is 4.99 Å². The van der Waals surface area contributed by atoms with Crippen molar-refractivity contribution < 1.29 is 9.47 Å². The summed E-state index contributed by atoms with van der Waals surface area (Å²) >= 11 is 0. The average Bonchev–Trinajstić information content (AvgIpc) is 2.87. The van der Waals surface area contributed by atoms with Crippen molar-refractivity contribution in [3.63, 3.8) is 0 Å². The highest BCUT2D eigenvalue weighted by molar-refractivity contribution is 5.86. The lowest BCUT2D eigenvalue weighted by Crippen LogP contribution is -2.26. The predicted octanol–water partition coefficient (Wildman–Crippen LogP) is 4.91. The van der Waals surface area contributed by atoms with Crippen molar-refractivity contribution in [3.8, 4) is 11.8 Å². The van der Waals surface area contributed by atoms with E-state index in [2.05, 4.69) is 65.7 Å². The number of nitriles is 1. The number of nitrogens with zero attached hydrogens (tertiary/aromatic N) is 3. The molecule has 0 amide bonds. The Labute approximate surface area is 209 Å². The Hall–Kier alpha value is -3.40. The van der Waals surface area contributed by atoms with Crippen LogP contribution in [0.1, 0.15) is 41.5 Å². The minimum absolute atomic E-state index is 0.0910. The maximum Gasteiger partial charge on any atom is 0.137 e. The summed E-state index contributed by atoms with van der Waals surface area (Å²) in [5, 5.41) is 13.1. The average molecular weight is 473 g/mol. The minimum atomic E-state index is 0.0910. The molecule has 6 heteroatoms. The zero-order valence-corrected chi connectivity index (χ0v) is 21.3. The van der Waals surface area contributed by atoms with Gasteiger partial charge < -0.3 is 19.7 Å². The molecule has 0 aliphatic carbocycles. The van der Waals surface area contributed by atoms with Gasteiger partial charge in [0.25, 0.3) is 0 Å². The molecular weight excluding hydrogens is 436 g/mol. The Morgan fingerprint density at radius 3 is 2.69 bits per heavy atom. The Morgan fingerprint density at radius 2 is 2.00 bits per heavy atom. The molecule has 3 rings (SSSR count). The van der Waals surface area contributed by atoms with Gasteiger partial charge in [0.15, 0.2) is 0 Å². The van der Waals surface area contributed by atoms with Crippen molar-refractivity contribution in [3.05, 3.63) is 76.9 Å². The van der Waals surface area contributed by atoms with Crippen molar-refractivity contribution >= 4 is 17.5 Å². The highest BCUT2D eigenvalue weighted by Gasteiger charge is 2.17. The van der Waals surface area contributed by atoms with Crippen molar-refractivity contribution in [2.45, 2.75) is 31.9 Å². The highest BCUT2D eigenvalue weighted by Crippen LogP contribution is 2.28. The molecule has 0 bridgehead atoms. The first kappa shape index (κ1) is 26.2. The van der Waals surface area contributed by atoms with Gasteiger partial charge in [0.2, 0.25) is 0 Å². The molecule has 1 fully saturated rings. The molecule has 1 N–H and O–H groups in total. The normalized spacial score (nSPS) is 15.4. The number of nitrogens with one attached hydrogen (secondary N) is 1. The fraction of sp³-hybridized carbons (Fsp3) is 0.379. The van der Waals surface area contributed by atoms with Crippen molar-refractivity contribution in [2.24, 2.45) is 4.99 Å². The van der Waals surface area contributed by atoms with Gasteiger partial charge in [-0.1, -0.05) is 30.3 Å². The molecule has 1 saturated heterocycles. The molecule has 1 heterocycles. The molecule has 0 aromatic heterocycles. The molecule has 0 spiro atoms. The van der Waals surface area contributed by atoms with Gasteiger partial charge in [0.05, 0.1) is 18.8 Å². The quantitative estimate of drug-likeness (QED) is 0.498. The maximum atomic E-state index is 9.80. The van der Waals surface area contributed by atoms with Crippen molar-refractivity contribution in [2.75, 3.05) is 41.4 Å². The zero-order chi connectivity index (χ0) is 25.0. The molecule has 2 aromatic rings. The second-order valence-electron chi connectivity index (χ2n) is 8.86. The predicted molar refractivity (Wildman–Crippen MR) is 144 cm³/mol. The van der Waals surface area contributed by atoms with Crippen LogP contribution < -0.4 is 10.1 Å². The van der Waals surface area contributed by atoms with Gasteiger partial charge in [0, 0.05) is 45.4 Å². The third-order valence-corrected chi connectivity index (χ3v) is 5.89. The largest absolute Gasteiger partial charge is 0.489 e. The van der Waals surface area contributed by atoms with E-state index >= 15 is 0 Å². The van der Waals surface area contributed by atoms with Crippen LogP contribution in [0.25, 0.3) is 11.3 Å². The lowest BCUT2D eigenvalue weighted by atomic mass is 9.98. The van der Waals surface area contributed by atoms with E-state index in [1.807, 2.05) is 31.3 Å². The third-order valence-electron chi connectivity index (χ3n) is 5.89. The summed E-state index contributed by atoms with van der Waals surface area (Å²) in [6.07, 6.45) is 8.44. The fourth-order valence-corrected chi connectivity index (χ4v) is 4.12. The van der Waals surface area contributed by atoms with Gasteiger partial charge in [-0.05, 0) is 67.1 Å². The molecule has 1 aliphatic rings. The molecule has 2 aromatic carbocycles. The van der Waals surface area contributed by atoms with Crippen molar-refractivity contribution in [1.29, 1.82) is 5.26 Å². The van der Waals surface area contributed by atoms with Crippen LogP contribution in [0, 0.1) is 11.3 Å². The number of benzene rings is 2. The topological polar surface area (TPSA) is 69.9 Å². The third kappa shape index (κ3) is 7.81. The number of hydrogen-bond acceptors (Lipinski definition) is 6. The summed E-state index contributed by atoms with van der Waals surface area (Å²) in [5.41, 5.74) is 6.07. The summed E-state index contributed by atoms with van der Waals surface area (Å²) in [5.74, 6) is 0.635. The Bertz CT molecular complexity index is 1110. The van der Waals surface area contributed by atoms with E-state index in [4.69, 9.17) is 9.47 Å². The summed E-state index contributed by atoms with van der Waals surface area (Å²) in [4.78, 5) is 6.30. The summed E-state index contributed by atoms with van der Waals surface area (Å²) in [7, 11) is 7.84. The minimum Gasteiger partial charge on any atom is -0.489 e. The fourth-order valence-electron chi connectivity index (χ4n) is 4.12. The molecule has 1 aliphatic heterocycles. The number of aliphatic imine (C=N–C) groups is 1. The molecular formula is C29H36N4O2. The van der Waals surface area contributed by atoms with Crippen LogP contribution in [0.2, 0.25) is 0 Å². The second-order valence-corrected chi connectivity index (χ2v) is 8.86. The monoisotopic (exact) mass is 472 g/mol. The first-order valence-corrected chi connectivity index (χ1v) is 12.1. The standard InChI is InChI=1S/C29H36N4O2/c1-31-15-12-23(8-10-28(32-2)25-7-5-6-22(18-25)21-33(3)4)24-9-11-29(26(19-24)20-30)35-27-13-16-34-17-14-27/h5-7,9-12,15,18-19,27,32H,8,13-14,16-17,21H2,1-4H3/b23-12+,28-10-,31-15-.